The van der Waals surface area contributed by atoms with E-state index < -0.39 is 4.92 Å². The van der Waals surface area contributed by atoms with Gasteiger partial charge in [-0.25, -0.2) is 0 Å². The van der Waals surface area contributed by atoms with Crippen LogP contribution < -0.4 is 0 Å². The van der Waals surface area contributed by atoms with Gasteiger partial charge in [0.2, 0.25) is 5.91 Å². The molecule has 0 atom stereocenters. The Labute approximate surface area is 152 Å². The quantitative estimate of drug-likeness (QED) is 0.472. The highest BCUT2D eigenvalue weighted by molar-refractivity contribution is 5.91. The van der Waals surface area contributed by atoms with Crippen LogP contribution in [-0.2, 0) is 11.3 Å². The molecule has 1 fully saturated rings. The van der Waals surface area contributed by atoms with Crippen molar-refractivity contribution in [2.45, 2.75) is 6.54 Å². The largest absolute Gasteiger partial charge is 0.337 e. The van der Waals surface area contributed by atoms with Gasteiger partial charge in [-0.3, -0.25) is 19.8 Å². The van der Waals surface area contributed by atoms with Crippen LogP contribution in [0.25, 0.3) is 6.08 Å². The zero-order chi connectivity index (χ0) is 18.4. The molecule has 2 aromatic rings. The summed E-state index contributed by atoms with van der Waals surface area (Å²) in [7, 11) is 0. The third kappa shape index (κ3) is 4.77. The number of hydrogen-bond donors (Lipinski definition) is 0. The Morgan fingerprint density at radius 3 is 2.27 bits per heavy atom. The molecule has 0 N–H and O–H groups in total. The van der Waals surface area contributed by atoms with E-state index in [0.29, 0.717) is 13.1 Å². The molecule has 1 amide bonds. The molecule has 6 nitrogen and oxygen atoms in total. The number of amides is 1. The van der Waals surface area contributed by atoms with Gasteiger partial charge in [0.15, 0.2) is 0 Å². The van der Waals surface area contributed by atoms with E-state index in [-0.39, 0.29) is 11.6 Å². The lowest BCUT2D eigenvalue weighted by Crippen LogP contribution is -2.47. The predicted molar refractivity (Wildman–Crippen MR) is 100 cm³/mol. The Morgan fingerprint density at radius 1 is 1.00 bits per heavy atom. The molecule has 1 aliphatic heterocycles. The van der Waals surface area contributed by atoms with Crippen molar-refractivity contribution in [1.82, 2.24) is 9.80 Å². The summed E-state index contributed by atoms with van der Waals surface area (Å²) in [5.41, 5.74) is 2.10. The summed E-state index contributed by atoms with van der Waals surface area (Å²) in [5.74, 6) is -0.0253. The molecular formula is C20H21N3O3. The highest BCUT2D eigenvalue weighted by Crippen LogP contribution is 2.13. The van der Waals surface area contributed by atoms with Gasteiger partial charge in [0, 0.05) is 50.9 Å². The zero-order valence-corrected chi connectivity index (χ0v) is 14.5. The highest BCUT2D eigenvalue weighted by atomic mass is 16.6. The van der Waals surface area contributed by atoms with Gasteiger partial charge in [-0.05, 0) is 29.3 Å². The molecule has 0 spiro atoms. The molecule has 1 aliphatic rings. The molecule has 0 saturated carbocycles. The van der Waals surface area contributed by atoms with Gasteiger partial charge in [-0.2, -0.15) is 0 Å². The van der Waals surface area contributed by atoms with Gasteiger partial charge in [-0.15, -0.1) is 0 Å². The van der Waals surface area contributed by atoms with Crippen LogP contribution in [0.2, 0.25) is 0 Å². The molecule has 1 saturated heterocycles. The summed E-state index contributed by atoms with van der Waals surface area (Å²) in [5, 5.41) is 10.6. The van der Waals surface area contributed by atoms with E-state index in [9.17, 15) is 14.9 Å². The Morgan fingerprint density at radius 2 is 1.65 bits per heavy atom. The average molecular weight is 351 g/mol. The molecular weight excluding hydrogens is 330 g/mol. The standard InChI is InChI=1S/C20H21N3O3/c24-20(11-8-17-6-9-19(10-7-17)23(25)26)22-14-12-21(13-15-22)16-18-4-2-1-3-5-18/h1-11H,12-16H2. The summed E-state index contributed by atoms with van der Waals surface area (Å²) in [6, 6.07) is 16.5. The van der Waals surface area contributed by atoms with Gasteiger partial charge in [0.05, 0.1) is 4.92 Å². The van der Waals surface area contributed by atoms with Crippen LogP contribution in [0.15, 0.2) is 60.7 Å². The van der Waals surface area contributed by atoms with Crippen LogP contribution in [0.5, 0.6) is 0 Å². The van der Waals surface area contributed by atoms with E-state index in [2.05, 4.69) is 17.0 Å². The molecule has 0 bridgehead atoms. The lowest BCUT2D eigenvalue weighted by Gasteiger charge is -2.34. The minimum Gasteiger partial charge on any atom is -0.337 e. The van der Waals surface area contributed by atoms with Crippen molar-refractivity contribution in [1.29, 1.82) is 0 Å². The lowest BCUT2D eigenvalue weighted by molar-refractivity contribution is -0.384. The third-order valence-electron chi connectivity index (χ3n) is 4.46. The first kappa shape index (κ1) is 17.8. The van der Waals surface area contributed by atoms with Crippen molar-refractivity contribution in [3.63, 3.8) is 0 Å². The number of benzene rings is 2. The smallest absolute Gasteiger partial charge is 0.269 e. The van der Waals surface area contributed by atoms with Crippen LogP contribution in [0, 0.1) is 10.1 Å². The van der Waals surface area contributed by atoms with Crippen molar-refractivity contribution in [2.75, 3.05) is 26.2 Å². The van der Waals surface area contributed by atoms with Gasteiger partial charge < -0.3 is 4.90 Å². The van der Waals surface area contributed by atoms with Crippen molar-refractivity contribution in [2.24, 2.45) is 0 Å². The first-order chi connectivity index (χ1) is 12.6. The highest BCUT2D eigenvalue weighted by Gasteiger charge is 2.19. The van der Waals surface area contributed by atoms with E-state index in [0.717, 1.165) is 25.2 Å². The summed E-state index contributed by atoms with van der Waals surface area (Å²) in [6.45, 7) is 4.02. The van der Waals surface area contributed by atoms with Crippen molar-refractivity contribution >= 4 is 17.7 Å². The summed E-state index contributed by atoms with van der Waals surface area (Å²) < 4.78 is 0. The van der Waals surface area contributed by atoms with Crippen molar-refractivity contribution in [3.8, 4) is 0 Å². The number of carbonyl (C=O) groups is 1. The molecule has 0 aromatic heterocycles. The number of nitrogens with zero attached hydrogens (tertiary/aromatic N) is 3. The minimum absolute atomic E-state index is 0.0253. The van der Waals surface area contributed by atoms with Crippen LogP contribution in [0.3, 0.4) is 0 Å². The van der Waals surface area contributed by atoms with E-state index in [1.807, 2.05) is 23.1 Å². The van der Waals surface area contributed by atoms with E-state index in [1.165, 1.54) is 23.8 Å². The number of non-ortho nitro benzene ring substituents is 1. The summed E-state index contributed by atoms with van der Waals surface area (Å²) in [6.07, 6.45) is 3.23. The van der Waals surface area contributed by atoms with Crippen LogP contribution in [-0.4, -0.2) is 46.8 Å². The first-order valence-electron chi connectivity index (χ1n) is 8.59. The topological polar surface area (TPSA) is 66.7 Å². The minimum atomic E-state index is -0.437. The fourth-order valence-electron chi connectivity index (χ4n) is 2.95. The fraction of sp³-hybridized carbons (Fsp3) is 0.250. The van der Waals surface area contributed by atoms with Crippen molar-refractivity contribution in [3.05, 3.63) is 81.9 Å². The number of carbonyl (C=O) groups excluding carboxylic acids is 1. The van der Waals surface area contributed by atoms with Crippen LogP contribution in [0.1, 0.15) is 11.1 Å². The molecule has 0 radical (unpaired) electrons. The molecule has 1 heterocycles. The number of nitro benzene ring substituents is 1. The molecule has 2 aromatic carbocycles. The molecule has 26 heavy (non-hydrogen) atoms. The molecule has 6 heteroatoms. The maximum Gasteiger partial charge on any atom is 0.269 e. The number of piperazine rings is 1. The number of rotatable bonds is 5. The molecule has 0 aliphatic carbocycles. The zero-order valence-electron chi connectivity index (χ0n) is 14.5. The Bertz CT molecular complexity index is 780. The summed E-state index contributed by atoms with van der Waals surface area (Å²) in [4.78, 5) is 26.7. The second-order valence-electron chi connectivity index (χ2n) is 6.27. The van der Waals surface area contributed by atoms with E-state index >= 15 is 0 Å². The number of hydrogen-bond acceptors (Lipinski definition) is 4. The second-order valence-corrected chi connectivity index (χ2v) is 6.27. The van der Waals surface area contributed by atoms with Gasteiger partial charge in [0.25, 0.3) is 5.69 Å². The fourth-order valence-corrected chi connectivity index (χ4v) is 2.95. The molecule has 134 valence electrons. The summed E-state index contributed by atoms with van der Waals surface area (Å²) >= 11 is 0. The van der Waals surface area contributed by atoms with Gasteiger partial charge >= 0.3 is 0 Å². The maximum atomic E-state index is 12.3. The normalized spacial score (nSPS) is 15.3. The van der Waals surface area contributed by atoms with Gasteiger partial charge in [0.1, 0.15) is 0 Å². The number of nitro groups is 1. The Hall–Kier alpha value is -2.99. The van der Waals surface area contributed by atoms with Gasteiger partial charge in [-0.1, -0.05) is 30.3 Å². The second kappa shape index (κ2) is 8.40. The van der Waals surface area contributed by atoms with Crippen molar-refractivity contribution < 1.29 is 9.72 Å². The third-order valence-corrected chi connectivity index (χ3v) is 4.46. The van der Waals surface area contributed by atoms with Crippen LogP contribution in [0.4, 0.5) is 5.69 Å². The SMILES string of the molecule is O=C(C=Cc1ccc([N+](=O)[O-])cc1)N1CCN(Cc2ccccc2)CC1. The molecule has 0 unspecified atom stereocenters. The predicted octanol–water partition coefficient (Wildman–Crippen LogP) is 2.95. The Kier molecular flexibility index (Phi) is 5.76. The lowest BCUT2D eigenvalue weighted by atomic mass is 10.2. The monoisotopic (exact) mass is 351 g/mol. The van der Waals surface area contributed by atoms with E-state index in [4.69, 9.17) is 0 Å². The first-order valence-corrected chi connectivity index (χ1v) is 8.59. The molecule has 3 rings (SSSR count). The average Bonchev–Trinajstić information content (AvgIpc) is 2.68. The van der Waals surface area contributed by atoms with E-state index in [1.54, 1.807) is 18.2 Å². The Balaban J connectivity index is 1.49. The maximum absolute atomic E-state index is 12.3. The van der Waals surface area contributed by atoms with Crippen LogP contribution >= 0.6 is 0 Å².